The molecule has 16 heavy (non-hydrogen) atoms. The molecule has 0 bridgehead atoms. The summed E-state index contributed by atoms with van der Waals surface area (Å²) >= 11 is 5.74. The Morgan fingerprint density at radius 2 is 1.94 bits per heavy atom. The van der Waals surface area contributed by atoms with Crippen molar-refractivity contribution in [3.63, 3.8) is 0 Å². The fraction of sp³-hybridized carbons (Fsp3) is 0.571. The molecule has 0 aliphatic carbocycles. The molecule has 90 valence electrons. The minimum absolute atomic E-state index is 0.712. The second-order valence-electron chi connectivity index (χ2n) is 4.58. The fourth-order valence-corrected chi connectivity index (χ4v) is 2.23. The molecule has 0 fully saturated rings. The Kier molecular flexibility index (Phi) is 5.68. The summed E-state index contributed by atoms with van der Waals surface area (Å²) in [5.41, 5.74) is 2.68. The van der Waals surface area contributed by atoms with Gasteiger partial charge in [-0.2, -0.15) is 0 Å². The van der Waals surface area contributed by atoms with Gasteiger partial charge < -0.3 is 4.90 Å². The lowest BCUT2D eigenvalue weighted by Crippen LogP contribution is -2.21. The molecule has 0 spiro atoms. The smallest absolute Gasteiger partial charge is 0.0393 e. The van der Waals surface area contributed by atoms with Gasteiger partial charge in [0.25, 0.3) is 0 Å². The lowest BCUT2D eigenvalue weighted by atomic mass is 10.0. The number of rotatable bonds is 6. The summed E-state index contributed by atoms with van der Waals surface area (Å²) in [6, 6.07) is 8.53. The molecule has 0 aliphatic heterocycles. The van der Waals surface area contributed by atoms with Crippen LogP contribution in [0.15, 0.2) is 24.3 Å². The van der Waals surface area contributed by atoms with Crippen LogP contribution in [-0.4, -0.2) is 19.5 Å². The van der Waals surface area contributed by atoms with Gasteiger partial charge in [0.1, 0.15) is 0 Å². The molecule has 1 aromatic rings. The maximum absolute atomic E-state index is 5.74. The Labute approximate surface area is 104 Å². The van der Waals surface area contributed by atoms with Gasteiger partial charge in [-0.15, -0.1) is 11.6 Å². The molecular weight excluding hydrogens is 218 g/mol. The minimum atomic E-state index is 0.712. The van der Waals surface area contributed by atoms with E-state index in [1.54, 1.807) is 0 Å². The summed E-state index contributed by atoms with van der Waals surface area (Å²) in [6.07, 6.45) is 2.32. The SMILES string of the molecule is Cc1ccccc1N(C)CCC(C)CCCl. The number of anilines is 1. The number of aryl methyl sites for hydroxylation is 1. The van der Waals surface area contributed by atoms with Crippen molar-refractivity contribution in [3.8, 4) is 0 Å². The van der Waals surface area contributed by atoms with E-state index in [9.17, 15) is 0 Å². The van der Waals surface area contributed by atoms with Gasteiger partial charge in [-0.1, -0.05) is 25.1 Å². The molecule has 1 rings (SSSR count). The Hall–Kier alpha value is -0.690. The van der Waals surface area contributed by atoms with Crippen molar-refractivity contribution >= 4 is 17.3 Å². The Morgan fingerprint density at radius 1 is 1.25 bits per heavy atom. The molecule has 0 heterocycles. The number of halogens is 1. The number of hydrogen-bond donors (Lipinski definition) is 0. The van der Waals surface area contributed by atoms with Crippen molar-refractivity contribution in [3.05, 3.63) is 29.8 Å². The lowest BCUT2D eigenvalue weighted by Gasteiger charge is -2.23. The molecule has 0 amide bonds. The normalized spacial score (nSPS) is 12.5. The van der Waals surface area contributed by atoms with Gasteiger partial charge in [0.05, 0.1) is 0 Å². The maximum Gasteiger partial charge on any atom is 0.0393 e. The minimum Gasteiger partial charge on any atom is -0.374 e. The van der Waals surface area contributed by atoms with Gasteiger partial charge in [-0.25, -0.2) is 0 Å². The molecule has 0 aromatic heterocycles. The third kappa shape index (κ3) is 4.05. The van der Waals surface area contributed by atoms with Crippen LogP contribution in [0, 0.1) is 12.8 Å². The monoisotopic (exact) mass is 239 g/mol. The highest BCUT2D eigenvalue weighted by atomic mass is 35.5. The van der Waals surface area contributed by atoms with Crippen molar-refractivity contribution in [1.82, 2.24) is 0 Å². The van der Waals surface area contributed by atoms with Gasteiger partial charge in [-0.05, 0) is 37.3 Å². The van der Waals surface area contributed by atoms with Crippen molar-refractivity contribution in [2.75, 3.05) is 24.4 Å². The summed E-state index contributed by atoms with van der Waals surface area (Å²) in [6.45, 7) is 5.53. The summed E-state index contributed by atoms with van der Waals surface area (Å²) in [4.78, 5) is 2.33. The first-order valence-corrected chi connectivity index (χ1v) is 6.51. The fourth-order valence-electron chi connectivity index (χ4n) is 1.86. The first-order chi connectivity index (χ1) is 7.65. The topological polar surface area (TPSA) is 3.24 Å². The summed E-state index contributed by atoms with van der Waals surface area (Å²) < 4.78 is 0. The highest BCUT2D eigenvalue weighted by Gasteiger charge is 2.06. The van der Waals surface area contributed by atoms with E-state index in [0.717, 1.165) is 18.8 Å². The number of nitrogens with zero attached hydrogens (tertiary/aromatic N) is 1. The van der Waals surface area contributed by atoms with E-state index in [1.165, 1.54) is 17.7 Å². The molecular formula is C14H22ClN. The van der Waals surface area contributed by atoms with E-state index in [4.69, 9.17) is 11.6 Å². The second-order valence-corrected chi connectivity index (χ2v) is 4.96. The Bertz CT molecular complexity index is 311. The largest absolute Gasteiger partial charge is 0.374 e. The molecule has 0 aliphatic rings. The third-order valence-corrected chi connectivity index (χ3v) is 3.30. The third-order valence-electron chi connectivity index (χ3n) is 3.09. The zero-order chi connectivity index (χ0) is 12.0. The van der Waals surface area contributed by atoms with Crippen molar-refractivity contribution < 1.29 is 0 Å². The Morgan fingerprint density at radius 3 is 2.56 bits per heavy atom. The Balaban J connectivity index is 2.46. The second kappa shape index (κ2) is 6.80. The average molecular weight is 240 g/mol. The van der Waals surface area contributed by atoms with E-state index in [2.05, 4.69) is 50.1 Å². The number of alkyl halides is 1. The zero-order valence-corrected chi connectivity index (χ0v) is 11.3. The number of hydrogen-bond acceptors (Lipinski definition) is 1. The summed E-state index contributed by atoms with van der Waals surface area (Å²) in [7, 11) is 2.16. The van der Waals surface area contributed by atoms with Crippen LogP contribution >= 0.6 is 11.6 Å². The van der Waals surface area contributed by atoms with E-state index < -0.39 is 0 Å². The van der Waals surface area contributed by atoms with Crippen LogP contribution in [0.4, 0.5) is 5.69 Å². The summed E-state index contributed by atoms with van der Waals surface area (Å²) in [5.74, 6) is 1.49. The highest BCUT2D eigenvalue weighted by molar-refractivity contribution is 6.17. The van der Waals surface area contributed by atoms with Crippen LogP contribution in [0.5, 0.6) is 0 Å². The molecule has 0 radical (unpaired) electrons. The zero-order valence-electron chi connectivity index (χ0n) is 10.5. The van der Waals surface area contributed by atoms with Crippen LogP contribution in [0.2, 0.25) is 0 Å². The van der Waals surface area contributed by atoms with E-state index in [0.29, 0.717) is 5.92 Å². The quantitative estimate of drug-likeness (QED) is 0.676. The molecule has 1 unspecified atom stereocenters. The van der Waals surface area contributed by atoms with Gasteiger partial charge >= 0.3 is 0 Å². The van der Waals surface area contributed by atoms with Gasteiger partial charge in [0.15, 0.2) is 0 Å². The van der Waals surface area contributed by atoms with Crippen LogP contribution in [-0.2, 0) is 0 Å². The molecule has 1 aromatic carbocycles. The van der Waals surface area contributed by atoms with Crippen LogP contribution in [0.1, 0.15) is 25.3 Å². The van der Waals surface area contributed by atoms with Crippen molar-refractivity contribution in [2.24, 2.45) is 5.92 Å². The molecule has 0 N–H and O–H groups in total. The van der Waals surface area contributed by atoms with Gasteiger partial charge in [0, 0.05) is 25.2 Å². The molecule has 2 heteroatoms. The van der Waals surface area contributed by atoms with E-state index in [1.807, 2.05) is 0 Å². The average Bonchev–Trinajstić information content (AvgIpc) is 2.27. The lowest BCUT2D eigenvalue weighted by molar-refractivity contribution is 0.520. The number of benzene rings is 1. The molecule has 1 nitrogen and oxygen atoms in total. The van der Waals surface area contributed by atoms with E-state index >= 15 is 0 Å². The first-order valence-electron chi connectivity index (χ1n) is 5.98. The van der Waals surface area contributed by atoms with Gasteiger partial charge in [-0.3, -0.25) is 0 Å². The predicted octanol–water partition coefficient (Wildman–Crippen LogP) is 4.09. The molecule has 1 atom stereocenters. The predicted molar refractivity (Wildman–Crippen MR) is 73.6 cm³/mol. The molecule has 0 saturated carbocycles. The van der Waals surface area contributed by atoms with Crippen LogP contribution in [0.25, 0.3) is 0 Å². The maximum atomic E-state index is 5.74. The van der Waals surface area contributed by atoms with Crippen LogP contribution < -0.4 is 4.90 Å². The summed E-state index contributed by atoms with van der Waals surface area (Å²) in [5, 5.41) is 0. The number of para-hydroxylation sites is 1. The van der Waals surface area contributed by atoms with Crippen molar-refractivity contribution in [2.45, 2.75) is 26.7 Å². The standard InChI is InChI=1S/C14H22ClN/c1-12(8-10-15)9-11-16(3)14-7-5-4-6-13(14)2/h4-7,12H,8-11H2,1-3H3. The van der Waals surface area contributed by atoms with E-state index in [-0.39, 0.29) is 0 Å². The first kappa shape index (κ1) is 13.4. The highest BCUT2D eigenvalue weighted by Crippen LogP contribution is 2.19. The van der Waals surface area contributed by atoms with Crippen molar-refractivity contribution in [1.29, 1.82) is 0 Å². The van der Waals surface area contributed by atoms with Crippen LogP contribution in [0.3, 0.4) is 0 Å². The van der Waals surface area contributed by atoms with Gasteiger partial charge in [0.2, 0.25) is 0 Å². The molecule has 0 saturated heterocycles.